The zero-order chi connectivity index (χ0) is 15.5. The minimum atomic E-state index is -0.716. The quantitative estimate of drug-likeness (QED) is 0.905. The predicted octanol–water partition coefficient (Wildman–Crippen LogP) is 2.21. The lowest BCUT2D eigenvalue weighted by Crippen LogP contribution is -2.36. The third-order valence-corrected chi connectivity index (χ3v) is 4.05. The number of aromatic nitrogens is 1. The Labute approximate surface area is 128 Å². The van der Waals surface area contributed by atoms with Gasteiger partial charge in [0.25, 0.3) is 5.91 Å². The number of nitrogens with zero attached hydrogens (tertiary/aromatic N) is 2. The van der Waals surface area contributed by atoms with Crippen molar-refractivity contribution in [2.24, 2.45) is 0 Å². The zero-order valence-electron chi connectivity index (χ0n) is 12.0. The van der Waals surface area contributed by atoms with E-state index in [9.17, 15) is 9.90 Å². The number of carbonyl (C=O) groups is 1. The van der Waals surface area contributed by atoms with Crippen LogP contribution in [0.15, 0.2) is 35.1 Å². The van der Waals surface area contributed by atoms with E-state index >= 15 is 0 Å². The van der Waals surface area contributed by atoms with Gasteiger partial charge < -0.3 is 19.4 Å². The number of rotatable bonds is 4. The van der Waals surface area contributed by atoms with E-state index in [1.807, 2.05) is 6.07 Å². The standard InChI is InChI=1S/C16H17N3O3/c17-9-11-7-13(18-10-11)16(21)19-5-1-3-12(19)8-14(20)15-4-2-6-22-15/h2,4,6-7,10,12,14,18,20H,1,3,5,8H2. The molecule has 0 aliphatic carbocycles. The van der Waals surface area contributed by atoms with Crippen molar-refractivity contribution >= 4 is 5.91 Å². The zero-order valence-corrected chi connectivity index (χ0v) is 12.0. The Hall–Kier alpha value is -2.52. The number of furan rings is 1. The highest BCUT2D eigenvalue weighted by atomic mass is 16.4. The van der Waals surface area contributed by atoms with Crippen molar-refractivity contribution in [1.29, 1.82) is 5.26 Å². The van der Waals surface area contributed by atoms with Crippen molar-refractivity contribution in [1.82, 2.24) is 9.88 Å². The van der Waals surface area contributed by atoms with Gasteiger partial charge in [0.1, 0.15) is 23.6 Å². The van der Waals surface area contributed by atoms with Gasteiger partial charge in [-0.15, -0.1) is 0 Å². The Morgan fingerprint density at radius 3 is 3.18 bits per heavy atom. The van der Waals surface area contributed by atoms with E-state index in [2.05, 4.69) is 4.98 Å². The smallest absolute Gasteiger partial charge is 0.270 e. The van der Waals surface area contributed by atoms with Gasteiger partial charge in [0.15, 0.2) is 0 Å². The molecular formula is C16H17N3O3. The Balaban J connectivity index is 1.70. The van der Waals surface area contributed by atoms with Gasteiger partial charge in [0, 0.05) is 25.2 Å². The molecule has 1 aliphatic rings. The summed E-state index contributed by atoms with van der Waals surface area (Å²) in [7, 11) is 0. The Morgan fingerprint density at radius 2 is 2.50 bits per heavy atom. The first-order chi connectivity index (χ1) is 10.7. The number of hydrogen-bond acceptors (Lipinski definition) is 4. The lowest BCUT2D eigenvalue weighted by atomic mass is 10.0. The summed E-state index contributed by atoms with van der Waals surface area (Å²) in [6.07, 6.45) is 4.55. The molecule has 0 bridgehead atoms. The number of H-pyrrole nitrogens is 1. The molecule has 114 valence electrons. The normalized spacial score (nSPS) is 19.1. The molecule has 1 fully saturated rings. The van der Waals surface area contributed by atoms with Crippen LogP contribution >= 0.6 is 0 Å². The lowest BCUT2D eigenvalue weighted by molar-refractivity contribution is 0.0636. The summed E-state index contributed by atoms with van der Waals surface area (Å²) >= 11 is 0. The van der Waals surface area contributed by atoms with Gasteiger partial charge in [-0.3, -0.25) is 4.79 Å². The van der Waals surface area contributed by atoms with Crippen molar-refractivity contribution in [2.45, 2.75) is 31.4 Å². The average molecular weight is 299 g/mol. The minimum absolute atomic E-state index is 0.0264. The average Bonchev–Trinajstić information content (AvgIpc) is 3.26. The van der Waals surface area contributed by atoms with E-state index in [0.717, 1.165) is 12.8 Å². The van der Waals surface area contributed by atoms with Crippen LogP contribution in [0.2, 0.25) is 0 Å². The van der Waals surface area contributed by atoms with Crippen molar-refractivity contribution in [3.8, 4) is 6.07 Å². The number of likely N-dealkylation sites (tertiary alicyclic amines) is 1. The molecular weight excluding hydrogens is 282 g/mol. The largest absolute Gasteiger partial charge is 0.467 e. The maximum atomic E-state index is 12.5. The van der Waals surface area contributed by atoms with Crippen LogP contribution in [-0.4, -0.2) is 33.5 Å². The fourth-order valence-corrected chi connectivity index (χ4v) is 2.94. The molecule has 0 aromatic carbocycles. The molecule has 3 rings (SSSR count). The maximum Gasteiger partial charge on any atom is 0.270 e. The Kier molecular flexibility index (Phi) is 3.98. The number of nitriles is 1. The van der Waals surface area contributed by atoms with Crippen LogP contribution in [-0.2, 0) is 0 Å². The van der Waals surface area contributed by atoms with Gasteiger partial charge in [-0.1, -0.05) is 0 Å². The molecule has 2 atom stereocenters. The summed E-state index contributed by atoms with van der Waals surface area (Å²) in [5.74, 6) is 0.390. The summed E-state index contributed by atoms with van der Waals surface area (Å²) in [6.45, 7) is 0.662. The molecule has 6 heteroatoms. The summed E-state index contributed by atoms with van der Waals surface area (Å²) in [6, 6.07) is 7.00. The lowest BCUT2D eigenvalue weighted by Gasteiger charge is -2.25. The van der Waals surface area contributed by atoms with E-state index < -0.39 is 6.10 Å². The van der Waals surface area contributed by atoms with Gasteiger partial charge in [0.05, 0.1) is 11.8 Å². The van der Waals surface area contributed by atoms with Crippen LogP contribution in [0.25, 0.3) is 0 Å². The third-order valence-electron chi connectivity index (χ3n) is 4.05. The summed E-state index contributed by atoms with van der Waals surface area (Å²) < 4.78 is 5.21. The van der Waals surface area contributed by atoms with Crippen molar-refractivity contribution in [2.75, 3.05) is 6.54 Å². The first-order valence-corrected chi connectivity index (χ1v) is 7.30. The number of aliphatic hydroxyl groups excluding tert-OH is 1. The van der Waals surface area contributed by atoms with Gasteiger partial charge in [-0.2, -0.15) is 5.26 Å². The molecule has 6 nitrogen and oxygen atoms in total. The van der Waals surface area contributed by atoms with Crippen LogP contribution < -0.4 is 0 Å². The highest BCUT2D eigenvalue weighted by molar-refractivity contribution is 5.93. The Bertz CT molecular complexity index is 684. The van der Waals surface area contributed by atoms with Crippen molar-refractivity contribution in [3.05, 3.63) is 47.7 Å². The second-order valence-corrected chi connectivity index (χ2v) is 5.48. The molecule has 3 heterocycles. The first-order valence-electron chi connectivity index (χ1n) is 7.30. The number of nitrogens with one attached hydrogen (secondary N) is 1. The van der Waals surface area contributed by atoms with Crippen LogP contribution in [0.4, 0.5) is 0 Å². The SMILES string of the molecule is N#Cc1c[nH]c(C(=O)N2CCCC2CC(O)c2ccco2)c1. The molecule has 1 amide bonds. The summed E-state index contributed by atoms with van der Waals surface area (Å²) in [4.78, 5) is 17.1. The number of aliphatic hydroxyl groups is 1. The molecule has 0 spiro atoms. The number of amides is 1. The highest BCUT2D eigenvalue weighted by Crippen LogP contribution is 2.28. The van der Waals surface area contributed by atoms with Crippen LogP contribution in [0.1, 0.15) is 47.2 Å². The Morgan fingerprint density at radius 1 is 1.64 bits per heavy atom. The molecule has 2 aromatic rings. The topological polar surface area (TPSA) is 93.3 Å². The van der Waals surface area contributed by atoms with Gasteiger partial charge in [0.2, 0.25) is 0 Å². The van der Waals surface area contributed by atoms with E-state index in [1.54, 1.807) is 23.1 Å². The maximum absolute atomic E-state index is 12.5. The summed E-state index contributed by atoms with van der Waals surface area (Å²) in [5.41, 5.74) is 0.852. The van der Waals surface area contributed by atoms with Gasteiger partial charge in [-0.25, -0.2) is 0 Å². The van der Waals surface area contributed by atoms with Gasteiger partial charge >= 0.3 is 0 Å². The second-order valence-electron chi connectivity index (χ2n) is 5.48. The summed E-state index contributed by atoms with van der Waals surface area (Å²) in [5, 5.41) is 19.0. The number of aromatic amines is 1. The van der Waals surface area contributed by atoms with Crippen LogP contribution in [0.3, 0.4) is 0 Å². The molecule has 22 heavy (non-hydrogen) atoms. The molecule has 0 saturated carbocycles. The molecule has 2 aromatic heterocycles. The molecule has 0 radical (unpaired) electrons. The third kappa shape index (κ3) is 2.76. The minimum Gasteiger partial charge on any atom is -0.467 e. The van der Waals surface area contributed by atoms with E-state index in [4.69, 9.17) is 9.68 Å². The highest BCUT2D eigenvalue weighted by Gasteiger charge is 2.32. The number of hydrogen-bond donors (Lipinski definition) is 2. The number of carbonyl (C=O) groups excluding carboxylic acids is 1. The van der Waals surface area contributed by atoms with E-state index in [0.29, 0.717) is 30.0 Å². The fourth-order valence-electron chi connectivity index (χ4n) is 2.94. The van der Waals surface area contributed by atoms with E-state index in [-0.39, 0.29) is 11.9 Å². The predicted molar refractivity (Wildman–Crippen MR) is 77.9 cm³/mol. The molecule has 1 saturated heterocycles. The van der Waals surface area contributed by atoms with E-state index in [1.165, 1.54) is 12.5 Å². The first kappa shape index (κ1) is 14.4. The second kappa shape index (κ2) is 6.08. The monoisotopic (exact) mass is 299 g/mol. The molecule has 2 unspecified atom stereocenters. The molecule has 1 aliphatic heterocycles. The fraction of sp³-hybridized carbons (Fsp3) is 0.375. The molecule has 2 N–H and O–H groups in total. The van der Waals surface area contributed by atoms with Crippen LogP contribution in [0, 0.1) is 11.3 Å². The van der Waals surface area contributed by atoms with Crippen LogP contribution in [0.5, 0.6) is 0 Å². The van der Waals surface area contributed by atoms with Crippen molar-refractivity contribution < 1.29 is 14.3 Å². The van der Waals surface area contributed by atoms with Crippen molar-refractivity contribution in [3.63, 3.8) is 0 Å². The van der Waals surface area contributed by atoms with Gasteiger partial charge in [-0.05, 0) is 31.0 Å².